The van der Waals surface area contributed by atoms with Crippen LogP contribution in [0.2, 0.25) is 0 Å². The smallest absolute Gasteiger partial charge is 0.243 e. The third kappa shape index (κ3) is 2.65. The van der Waals surface area contributed by atoms with E-state index in [-0.39, 0.29) is 0 Å². The molecule has 1 aliphatic rings. The van der Waals surface area contributed by atoms with E-state index in [1.807, 2.05) is 6.92 Å². The van der Waals surface area contributed by atoms with Crippen LogP contribution in [0.3, 0.4) is 0 Å². The number of thioether (sulfide) groups is 1. The molecule has 1 heterocycles. The monoisotopic (exact) mass is 286 g/mol. The summed E-state index contributed by atoms with van der Waals surface area (Å²) in [7, 11) is -3.37. The standard InChI is InChI=1S/C12H18N2O2S2/c1-2-10-3-4-11(9-12(10)13)18(15,16)14-5-7-17-8-6-14/h3-4,9H,2,5-8,13H2,1H3. The highest BCUT2D eigenvalue weighted by Crippen LogP contribution is 2.23. The zero-order chi connectivity index (χ0) is 13.2. The summed E-state index contributed by atoms with van der Waals surface area (Å²) in [5, 5.41) is 0. The van der Waals surface area contributed by atoms with Crippen LogP contribution in [0.25, 0.3) is 0 Å². The van der Waals surface area contributed by atoms with Crippen molar-refractivity contribution in [2.45, 2.75) is 18.2 Å². The van der Waals surface area contributed by atoms with Gasteiger partial charge in [0.2, 0.25) is 10.0 Å². The Balaban J connectivity index is 2.32. The molecule has 1 aromatic carbocycles. The average Bonchev–Trinajstić information content (AvgIpc) is 2.39. The van der Waals surface area contributed by atoms with E-state index >= 15 is 0 Å². The van der Waals surface area contributed by atoms with Gasteiger partial charge in [-0.1, -0.05) is 13.0 Å². The van der Waals surface area contributed by atoms with Gasteiger partial charge in [-0.05, 0) is 24.1 Å². The number of rotatable bonds is 3. The minimum atomic E-state index is -3.37. The molecule has 0 aromatic heterocycles. The second-order valence-electron chi connectivity index (χ2n) is 4.23. The lowest BCUT2D eigenvalue weighted by atomic mass is 10.1. The fourth-order valence-electron chi connectivity index (χ4n) is 1.99. The molecular weight excluding hydrogens is 268 g/mol. The van der Waals surface area contributed by atoms with Gasteiger partial charge in [0.1, 0.15) is 0 Å². The Bertz CT molecular complexity index is 523. The predicted octanol–water partition coefficient (Wildman–Crippen LogP) is 1.57. The Morgan fingerprint density at radius 2 is 2.00 bits per heavy atom. The van der Waals surface area contributed by atoms with Gasteiger partial charge in [-0.15, -0.1) is 0 Å². The molecule has 0 unspecified atom stereocenters. The van der Waals surface area contributed by atoms with E-state index in [4.69, 9.17) is 5.73 Å². The molecule has 1 aromatic rings. The van der Waals surface area contributed by atoms with E-state index in [0.29, 0.717) is 23.7 Å². The van der Waals surface area contributed by atoms with Gasteiger partial charge in [0.25, 0.3) is 0 Å². The van der Waals surface area contributed by atoms with Gasteiger partial charge in [0.05, 0.1) is 4.90 Å². The summed E-state index contributed by atoms with van der Waals surface area (Å²) in [5.41, 5.74) is 7.42. The van der Waals surface area contributed by atoms with Crippen molar-refractivity contribution in [2.75, 3.05) is 30.3 Å². The van der Waals surface area contributed by atoms with Crippen molar-refractivity contribution >= 4 is 27.5 Å². The molecule has 1 fully saturated rings. The van der Waals surface area contributed by atoms with Crippen molar-refractivity contribution in [1.82, 2.24) is 4.31 Å². The number of nitrogens with two attached hydrogens (primary N) is 1. The Labute approximate surface area is 113 Å². The van der Waals surface area contributed by atoms with Crippen LogP contribution >= 0.6 is 11.8 Å². The Hall–Kier alpha value is -0.720. The fourth-order valence-corrected chi connectivity index (χ4v) is 4.60. The number of benzene rings is 1. The van der Waals surface area contributed by atoms with Crippen LogP contribution in [0.5, 0.6) is 0 Å². The van der Waals surface area contributed by atoms with Crippen LogP contribution in [-0.2, 0) is 16.4 Å². The maximum Gasteiger partial charge on any atom is 0.243 e. The molecule has 2 rings (SSSR count). The summed E-state index contributed by atoms with van der Waals surface area (Å²) < 4.78 is 26.3. The lowest BCUT2D eigenvalue weighted by Gasteiger charge is -2.25. The highest BCUT2D eigenvalue weighted by molar-refractivity contribution is 7.99. The van der Waals surface area contributed by atoms with Crippen molar-refractivity contribution in [3.63, 3.8) is 0 Å². The van der Waals surface area contributed by atoms with Crippen LogP contribution in [-0.4, -0.2) is 37.3 Å². The predicted molar refractivity (Wildman–Crippen MR) is 76.3 cm³/mol. The van der Waals surface area contributed by atoms with E-state index in [1.165, 1.54) is 0 Å². The molecular formula is C12H18N2O2S2. The second-order valence-corrected chi connectivity index (χ2v) is 7.39. The summed E-state index contributed by atoms with van der Waals surface area (Å²) in [4.78, 5) is 0.309. The van der Waals surface area contributed by atoms with Crippen LogP contribution in [0.15, 0.2) is 23.1 Å². The molecule has 0 atom stereocenters. The van der Waals surface area contributed by atoms with Gasteiger partial charge in [0.15, 0.2) is 0 Å². The van der Waals surface area contributed by atoms with Gasteiger partial charge in [-0.25, -0.2) is 8.42 Å². The number of hydrogen-bond acceptors (Lipinski definition) is 4. The number of nitrogen functional groups attached to an aromatic ring is 1. The summed E-state index contributed by atoms with van der Waals surface area (Å²) in [6, 6.07) is 5.04. The SMILES string of the molecule is CCc1ccc(S(=O)(=O)N2CCSCC2)cc1N. The zero-order valence-corrected chi connectivity index (χ0v) is 12.1. The van der Waals surface area contributed by atoms with E-state index in [0.717, 1.165) is 23.5 Å². The van der Waals surface area contributed by atoms with Crippen LogP contribution in [0.1, 0.15) is 12.5 Å². The molecule has 0 spiro atoms. The molecule has 2 N–H and O–H groups in total. The van der Waals surface area contributed by atoms with Crippen molar-refractivity contribution in [2.24, 2.45) is 0 Å². The van der Waals surface area contributed by atoms with Crippen molar-refractivity contribution in [1.29, 1.82) is 0 Å². The molecule has 6 heteroatoms. The second kappa shape index (κ2) is 5.50. The Morgan fingerprint density at radius 3 is 2.56 bits per heavy atom. The van der Waals surface area contributed by atoms with Gasteiger partial charge in [-0.3, -0.25) is 0 Å². The molecule has 4 nitrogen and oxygen atoms in total. The maximum absolute atomic E-state index is 12.4. The van der Waals surface area contributed by atoms with Gasteiger partial charge in [-0.2, -0.15) is 16.1 Å². The molecule has 1 aliphatic heterocycles. The summed E-state index contributed by atoms with van der Waals surface area (Å²) in [5.74, 6) is 1.73. The van der Waals surface area contributed by atoms with Crippen molar-refractivity contribution < 1.29 is 8.42 Å². The number of sulfonamides is 1. The number of anilines is 1. The van der Waals surface area contributed by atoms with E-state index < -0.39 is 10.0 Å². The van der Waals surface area contributed by atoms with Crippen LogP contribution < -0.4 is 5.73 Å². The van der Waals surface area contributed by atoms with Crippen LogP contribution in [0, 0.1) is 0 Å². The highest BCUT2D eigenvalue weighted by atomic mass is 32.2. The largest absolute Gasteiger partial charge is 0.398 e. The van der Waals surface area contributed by atoms with Gasteiger partial charge < -0.3 is 5.73 Å². The lowest BCUT2D eigenvalue weighted by molar-refractivity contribution is 0.443. The zero-order valence-electron chi connectivity index (χ0n) is 10.4. The molecule has 0 radical (unpaired) electrons. The normalized spacial score (nSPS) is 17.8. The minimum absolute atomic E-state index is 0.309. The molecule has 1 saturated heterocycles. The van der Waals surface area contributed by atoms with Crippen molar-refractivity contribution in [3.05, 3.63) is 23.8 Å². The van der Waals surface area contributed by atoms with Gasteiger partial charge >= 0.3 is 0 Å². The van der Waals surface area contributed by atoms with E-state index in [2.05, 4.69) is 0 Å². The number of aryl methyl sites for hydroxylation is 1. The summed E-state index contributed by atoms with van der Waals surface area (Å²) in [6.07, 6.45) is 0.812. The topological polar surface area (TPSA) is 63.4 Å². The lowest BCUT2D eigenvalue weighted by Crippen LogP contribution is -2.37. The fraction of sp³-hybridized carbons (Fsp3) is 0.500. The molecule has 18 heavy (non-hydrogen) atoms. The van der Waals surface area contributed by atoms with Crippen LogP contribution in [0.4, 0.5) is 5.69 Å². The average molecular weight is 286 g/mol. The van der Waals surface area contributed by atoms with E-state index in [9.17, 15) is 8.42 Å². The number of nitrogens with zero attached hydrogens (tertiary/aromatic N) is 1. The first-order chi connectivity index (χ1) is 8.55. The maximum atomic E-state index is 12.4. The summed E-state index contributed by atoms with van der Waals surface area (Å²) in [6.45, 7) is 3.17. The third-order valence-corrected chi connectivity index (χ3v) is 5.94. The van der Waals surface area contributed by atoms with Gasteiger partial charge in [0, 0.05) is 30.3 Å². The molecule has 0 saturated carbocycles. The Morgan fingerprint density at radius 1 is 1.33 bits per heavy atom. The first kappa shape index (κ1) is 13.7. The Kier molecular flexibility index (Phi) is 4.19. The molecule has 0 amide bonds. The third-order valence-electron chi connectivity index (χ3n) is 3.11. The quantitative estimate of drug-likeness (QED) is 0.857. The first-order valence-electron chi connectivity index (χ1n) is 6.02. The molecule has 0 bridgehead atoms. The highest BCUT2D eigenvalue weighted by Gasteiger charge is 2.26. The number of hydrogen-bond donors (Lipinski definition) is 1. The molecule has 0 aliphatic carbocycles. The van der Waals surface area contributed by atoms with E-state index in [1.54, 1.807) is 34.3 Å². The minimum Gasteiger partial charge on any atom is -0.398 e. The molecule has 100 valence electrons. The first-order valence-corrected chi connectivity index (χ1v) is 8.61. The summed E-state index contributed by atoms with van der Waals surface area (Å²) >= 11 is 1.79. The van der Waals surface area contributed by atoms with Crippen molar-refractivity contribution in [3.8, 4) is 0 Å².